The Bertz CT molecular complexity index is 1200. The predicted octanol–water partition coefficient (Wildman–Crippen LogP) is 4.18. The summed E-state index contributed by atoms with van der Waals surface area (Å²) in [5, 5.41) is 2.89. The van der Waals surface area contributed by atoms with E-state index < -0.39 is 17.2 Å². The maximum absolute atomic E-state index is 13.8. The van der Waals surface area contributed by atoms with Gasteiger partial charge in [-0.15, -0.1) is 0 Å². The van der Waals surface area contributed by atoms with E-state index in [0.29, 0.717) is 44.6 Å². The highest BCUT2D eigenvalue weighted by atomic mass is 19.4. The second-order valence-corrected chi connectivity index (χ2v) is 10.3. The molecule has 2 unspecified atom stereocenters. The van der Waals surface area contributed by atoms with Crippen molar-refractivity contribution < 1.29 is 27.5 Å². The van der Waals surface area contributed by atoms with Crippen LogP contribution < -0.4 is 5.32 Å². The Morgan fingerprint density at radius 2 is 1.97 bits per heavy atom. The normalized spacial score (nSPS) is 24.0. The third-order valence-corrected chi connectivity index (χ3v) is 7.78. The number of anilines is 1. The second-order valence-electron chi connectivity index (χ2n) is 10.3. The zero-order valence-corrected chi connectivity index (χ0v) is 20.5. The first-order valence-electron chi connectivity index (χ1n) is 12.2. The number of carbonyl (C=O) groups is 2. The van der Waals surface area contributed by atoms with E-state index in [1.54, 1.807) is 12.0 Å². The molecule has 2 atom stereocenters. The SMILES string of the molecule is COCC1(C(=O)N2CCc3ccc(C(F)(F)F)cc3C2)CCN(Cc2ccc3c(c2)C(C)C(=O)N3)C1. The van der Waals surface area contributed by atoms with Crippen molar-refractivity contribution in [3.8, 4) is 0 Å². The van der Waals surface area contributed by atoms with Crippen molar-refractivity contribution in [1.82, 2.24) is 9.80 Å². The minimum Gasteiger partial charge on any atom is -0.384 e. The molecule has 0 aliphatic carbocycles. The Labute approximate surface area is 208 Å². The lowest BCUT2D eigenvalue weighted by Crippen LogP contribution is -2.49. The lowest BCUT2D eigenvalue weighted by molar-refractivity contribution is -0.145. The molecule has 9 heteroatoms. The van der Waals surface area contributed by atoms with Gasteiger partial charge in [0, 0.05) is 39.0 Å². The Morgan fingerprint density at radius 3 is 2.72 bits per heavy atom. The minimum atomic E-state index is -4.41. The number of benzene rings is 2. The summed E-state index contributed by atoms with van der Waals surface area (Å²) >= 11 is 0. The van der Waals surface area contributed by atoms with Crippen LogP contribution in [0.15, 0.2) is 36.4 Å². The highest BCUT2D eigenvalue weighted by Gasteiger charge is 2.47. The van der Waals surface area contributed by atoms with Gasteiger partial charge in [0.1, 0.15) is 0 Å². The average Bonchev–Trinajstić information content (AvgIpc) is 3.38. The number of carbonyl (C=O) groups excluding carboxylic acids is 2. The van der Waals surface area contributed by atoms with Gasteiger partial charge < -0.3 is 15.0 Å². The Kier molecular flexibility index (Phi) is 6.32. The molecule has 0 spiro atoms. The molecule has 2 aromatic rings. The zero-order valence-electron chi connectivity index (χ0n) is 20.5. The molecular formula is C27H30F3N3O3. The summed E-state index contributed by atoms with van der Waals surface area (Å²) in [4.78, 5) is 29.7. The fourth-order valence-corrected chi connectivity index (χ4v) is 5.79. The summed E-state index contributed by atoms with van der Waals surface area (Å²) in [5.41, 5.74) is 2.90. The highest BCUT2D eigenvalue weighted by molar-refractivity contribution is 6.02. The largest absolute Gasteiger partial charge is 0.416 e. The van der Waals surface area contributed by atoms with Gasteiger partial charge in [-0.1, -0.05) is 18.2 Å². The van der Waals surface area contributed by atoms with Crippen LogP contribution in [0, 0.1) is 5.41 Å². The maximum Gasteiger partial charge on any atom is 0.416 e. The molecule has 0 saturated carbocycles. The number of rotatable bonds is 5. The van der Waals surface area contributed by atoms with Crippen LogP contribution in [0.4, 0.5) is 18.9 Å². The van der Waals surface area contributed by atoms with Crippen LogP contribution in [0.2, 0.25) is 0 Å². The summed E-state index contributed by atoms with van der Waals surface area (Å²) in [6.07, 6.45) is -3.26. The number of methoxy groups -OCH3 is 1. The zero-order chi connectivity index (χ0) is 25.7. The second kappa shape index (κ2) is 9.19. The van der Waals surface area contributed by atoms with Crippen molar-refractivity contribution >= 4 is 17.5 Å². The lowest BCUT2D eigenvalue weighted by Gasteiger charge is -2.37. The summed E-state index contributed by atoms with van der Waals surface area (Å²) in [7, 11) is 1.57. The summed E-state index contributed by atoms with van der Waals surface area (Å²) in [6, 6.07) is 9.79. The molecule has 3 aliphatic heterocycles. The van der Waals surface area contributed by atoms with E-state index in [-0.39, 0.29) is 30.9 Å². The van der Waals surface area contributed by atoms with Crippen LogP contribution in [0.25, 0.3) is 0 Å². The van der Waals surface area contributed by atoms with E-state index in [0.717, 1.165) is 28.4 Å². The Hall–Kier alpha value is -2.91. The Morgan fingerprint density at radius 1 is 1.17 bits per heavy atom. The van der Waals surface area contributed by atoms with Crippen LogP contribution in [0.3, 0.4) is 0 Å². The fourth-order valence-electron chi connectivity index (χ4n) is 5.79. The predicted molar refractivity (Wildman–Crippen MR) is 128 cm³/mol. The van der Waals surface area contributed by atoms with Crippen molar-refractivity contribution in [2.75, 3.05) is 38.7 Å². The van der Waals surface area contributed by atoms with Gasteiger partial charge in [-0.3, -0.25) is 14.5 Å². The number of halogens is 3. The molecule has 192 valence electrons. The monoisotopic (exact) mass is 501 g/mol. The average molecular weight is 502 g/mol. The van der Waals surface area contributed by atoms with Crippen LogP contribution in [0.1, 0.15) is 47.1 Å². The smallest absolute Gasteiger partial charge is 0.384 e. The maximum atomic E-state index is 13.8. The summed E-state index contributed by atoms with van der Waals surface area (Å²) < 4.78 is 45.2. The number of hydrogen-bond donors (Lipinski definition) is 1. The molecule has 36 heavy (non-hydrogen) atoms. The van der Waals surface area contributed by atoms with Crippen LogP contribution in [-0.4, -0.2) is 55.0 Å². The number of nitrogens with one attached hydrogen (secondary N) is 1. The molecule has 1 N–H and O–H groups in total. The van der Waals surface area contributed by atoms with E-state index in [1.807, 2.05) is 19.1 Å². The Balaban J connectivity index is 1.31. The topological polar surface area (TPSA) is 61.9 Å². The van der Waals surface area contributed by atoms with Crippen LogP contribution in [-0.2, 0) is 40.0 Å². The van der Waals surface area contributed by atoms with E-state index in [2.05, 4.69) is 16.3 Å². The lowest BCUT2D eigenvalue weighted by atomic mass is 9.85. The van der Waals surface area contributed by atoms with Gasteiger partial charge in [-0.2, -0.15) is 13.2 Å². The van der Waals surface area contributed by atoms with Crippen molar-refractivity contribution in [1.29, 1.82) is 0 Å². The molecule has 2 amide bonds. The first-order chi connectivity index (χ1) is 17.1. The van der Waals surface area contributed by atoms with Crippen molar-refractivity contribution in [3.63, 3.8) is 0 Å². The molecule has 0 radical (unpaired) electrons. The van der Waals surface area contributed by atoms with Crippen LogP contribution in [0.5, 0.6) is 0 Å². The molecular weight excluding hydrogens is 471 g/mol. The molecule has 0 aromatic heterocycles. The van der Waals surface area contributed by atoms with Crippen molar-refractivity contribution in [2.24, 2.45) is 5.41 Å². The summed E-state index contributed by atoms with van der Waals surface area (Å²) in [6.45, 7) is 4.66. The third-order valence-electron chi connectivity index (χ3n) is 7.78. The minimum absolute atomic E-state index is 0.00140. The van der Waals surface area contributed by atoms with E-state index in [4.69, 9.17) is 4.74 Å². The number of nitrogens with zero attached hydrogens (tertiary/aromatic N) is 2. The molecule has 3 aliphatic rings. The number of likely N-dealkylation sites (tertiary alicyclic amines) is 1. The molecule has 6 nitrogen and oxygen atoms in total. The quantitative estimate of drug-likeness (QED) is 0.668. The van der Waals surface area contributed by atoms with Gasteiger partial charge in [-0.25, -0.2) is 0 Å². The van der Waals surface area contributed by atoms with Gasteiger partial charge >= 0.3 is 6.18 Å². The molecule has 1 saturated heterocycles. The molecule has 5 rings (SSSR count). The third kappa shape index (κ3) is 4.50. The first kappa shape index (κ1) is 24.8. The standard InChI is InChI=1S/C27H30F3N3O3/c1-17-22-11-18(3-6-23(22)31-24(17)34)13-32-10-8-26(15-32,16-36-2)25(35)33-9-7-19-4-5-21(27(28,29)30)12-20(19)14-33/h3-6,11-12,17H,7-10,13-16H2,1-2H3,(H,31,34). The van der Waals surface area contributed by atoms with Crippen LogP contribution >= 0.6 is 0 Å². The van der Waals surface area contributed by atoms with Crippen molar-refractivity contribution in [2.45, 2.75) is 44.9 Å². The molecule has 3 heterocycles. The van der Waals surface area contributed by atoms with E-state index in [9.17, 15) is 22.8 Å². The van der Waals surface area contributed by atoms with Crippen molar-refractivity contribution in [3.05, 3.63) is 64.2 Å². The molecule has 0 bridgehead atoms. The van der Waals surface area contributed by atoms with Gasteiger partial charge in [-0.05, 0) is 66.8 Å². The number of amides is 2. The number of hydrogen-bond acceptors (Lipinski definition) is 4. The number of fused-ring (bicyclic) bond motifs is 2. The van der Waals surface area contributed by atoms with E-state index >= 15 is 0 Å². The van der Waals surface area contributed by atoms with Gasteiger partial charge in [0.05, 0.1) is 23.5 Å². The van der Waals surface area contributed by atoms with E-state index in [1.165, 1.54) is 12.1 Å². The molecule has 1 fully saturated rings. The number of alkyl halides is 3. The highest BCUT2D eigenvalue weighted by Crippen LogP contribution is 2.38. The number of ether oxygens (including phenoxy) is 1. The van der Waals surface area contributed by atoms with Gasteiger partial charge in [0.15, 0.2) is 0 Å². The molecule has 2 aromatic carbocycles. The fraction of sp³-hybridized carbons (Fsp3) is 0.481. The first-order valence-corrected chi connectivity index (χ1v) is 12.2. The summed E-state index contributed by atoms with van der Waals surface area (Å²) in [5.74, 6) is -0.252. The van der Waals surface area contributed by atoms with Gasteiger partial charge in [0.2, 0.25) is 11.8 Å². The van der Waals surface area contributed by atoms with Gasteiger partial charge in [0.25, 0.3) is 0 Å².